The van der Waals surface area contributed by atoms with E-state index in [0.717, 1.165) is 22.0 Å². The molecule has 0 aliphatic rings. The molecular formula is C20H27N3O4S. The molecule has 2 rings (SSSR count). The van der Waals surface area contributed by atoms with Crippen LogP contribution in [0.25, 0.3) is 0 Å². The van der Waals surface area contributed by atoms with Crippen molar-refractivity contribution in [1.82, 2.24) is 9.62 Å². The average molecular weight is 406 g/mol. The number of amides is 1. The lowest BCUT2D eigenvalue weighted by Crippen LogP contribution is -2.37. The van der Waals surface area contributed by atoms with Gasteiger partial charge in [-0.2, -0.15) is 12.7 Å². The molecule has 0 radical (unpaired) electrons. The van der Waals surface area contributed by atoms with Gasteiger partial charge in [-0.05, 0) is 48.4 Å². The van der Waals surface area contributed by atoms with Gasteiger partial charge < -0.3 is 10.1 Å². The van der Waals surface area contributed by atoms with Crippen molar-refractivity contribution in [2.24, 2.45) is 0 Å². The summed E-state index contributed by atoms with van der Waals surface area (Å²) in [5.41, 5.74) is 1.93. The summed E-state index contributed by atoms with van der Waals surface area (Å²) >= 11 is 0. The molecule has 0 unspecified atom stereocenters. The minimum absolute atomic E-state index is 0.130. The van der Waals surface area contributed by atoms with Crippen LogP contribution in [0.3, 0.4) is 0 Å². The first-order valence-electron chi connectivity index (χ1n) is 8.92. The van der Waals surface area contributed by atoms with Crippen LogP contribution in [0.15, 0.2) is 48.5 Å². The predicted molar refractivity (Wildman–Crippen MR) is 111 cm³/mol. The molecule has 0 fully saturated rings. The summed E-state index contributed by atoms with van der Waals surface area (Å²) < 4.78 is 31.9. The van der Waals surface area contributed by atoms with E-state index in [9.17, 15) is 13.2 Å². The number of carbonyl (C=O) groups excluding carboxylic acids is 1. The van der Waals surface area contributed by atoms with Crippen LogP contribution in [0.5, 0.6) is 5.75 Å². The molecule has 0 heterocycles. The fraction of sp³-hybridized carbons (Fsp3) is 0.350. The normalized spacial score (nSPS) is 12.5. The number of nitrogens with one attached hydrogen (secondary N) is 1. The fourth-order valence-corrected chi connectivity index (χ4v) is 3.58. The number of carbonyl (C=O) groups is 1. The zero-order chi connectivity index (χ0) is 20.9. The van der Waals surface area contributed by atoms with Gasteiger partial charge in [-0.1, -0.05) is 19.1 Å². The van der Waals surface area contributed by atoms with Crippen molar-refractivity contribution >= 4 is 21.8 Å². The van der Waals surface area contributed by atoms with Crippen molar-refractivity contribution in [2.45, 2.75) is 19.4 Å². The fourth-order valence-electron chi connectivity index (χ4n) is 2.70. The molecule has 0 bridgehead atoms. The van der Waals surface area contributed by atoms with Gasteiger partial charge in [0, 0.05) is 26.7 Å². The Bertz CT molecular complexity index is 894. The number of nitrogens with zero attached hydrogens (tertiary/aromatic N) is 2. The molecule has 2 aromatic carbocycles. The Hall–Kier alpha value is -2.58. The summed E-state index contributed by atoms with van der Waals surface area (Å²) in [7, 11) is 2.45. The van der Waals surface area contributed by atoms with Crippen LogP contribution in [0.2, 0.25) is 0 Å². The van der Waals surface area contributed by atoms with Crippen molar-refractivity contribution in [1.29, 1.82) is 0 Å². The molecule has 0 aromatic heterocycles. The van der Waals surface area contributed by atoms with Gasteiger partial charge in [0.05, 0.1) is 18.8 Å². The number of hydrogen-bond acceptors (Lipinski definition) is 4. The molecule has 2 aromatic rings. The van der Waals surface area contributed by atoms with Gasteiger partial charge in [-0.25, -0.2) is 0 Å². The largest absolute Gasteiger partial charge is 0.497 e. The zero-order valence-corrected chi connectivity index (χ0v) is 17.7. The van der Waals surface area contributed by atoms with E-state index >= 15 is 0 Å². The van der Waals surface area contributed by atoms with Gasteiger partial charge >= 0.3 is 10.2 Å². The van der Waals surface area contributed by atoms with Gasteiger partial charge in [-0.3, -0.25) is 9.10 Å². The molecule has 7 nitrogen and oxygen atoms in total. The van der Waals surface area contributed by atoms with Gasteiger partial charge in [0.2, 0.25) is 0 Å². The number of anilines is 1. The Morgan fingerprint density at radius 2 is 1.61 bits per heavy atom. The molecular weight excluding hydrogens is 378 g/mol. The zero-order valence-electron chi connectivity index (χ0n) is 16.8. The Morgan fingerprint density at radius 3 is 2.07 bits per heavy atom. The number of methoxy groups -OCH3 is 1. The highest BCUT2D eigenvalue weighted by Crippen LogP contribution is 2.22. The van der Waals surface area contributed by atoms with Crippen molar-refractivity contribution in [3.05, 3.63) is 59.7 Å². The molecule has 0 aliphatic carbocycles. The molecule has 1 N–H and O–H groups in total. The average Bonchev–Trinajstić information content (AvgIpc) is 2.71. The minimum Gasteiger partial charge on any atom is -0.497 e. The smallest absolute Gasteiger partial charge is 0.303 e. The third-order valence-corrected chi connectivity index (χ3v) is 6.36. The van der Waals surface area contributed by atoms with Crippen molar-refractivity contribution in [3.63, 3.8) is 0 Å². The molecule has 8 heteroatoms. The van der Waals surface area contributed by atoms with Gasteiger partial charge in [0.25, 0.3) is 5.91 Å². The third kappa shape index (κ3) is 4.82. The van der Waals surface area contributed by atoms with Crippen LogP contribution in [0.4, 0.5) is 5.69 Å². The molecule has 28 heavy (non-hydrogen) atoms. The van der Waals surface area contributed by atoms with E-state index in [1.807, 2.05) is 31.2 Å². The van der Waals surface area contributed by atoms with Gasteiger partial charge in [-0.15, -0.1) is 0 Å². The first kappa shape index (κ1) is 21.7. The van der Waals surface area contributed by atoms with Crippen LogP contribution in [-0.2, 0) is 10.2 Å². The van der Waals surface area contributed by atoms with Crippen LogP contribution in [0, 0.1) is 0 Å². The molecule has 152 valence electrons. The van der Waals surface area contributed by atoms with Gasteiger partial charge in [0.1, 0.15) is 5.75 Å². The maximum Gasteiger partial charge on any atom is 0.303 e. The van der Waals surface area contributed by atoms with E-state index in [1.54, 1.807) is 31.4 Å². The minimum atomic E-state index is -3.57. The summed E-state index contributed by atoms with van der Waals surface area (Å²) in [6.45, 7) is 2.00. The third-order valence-electron chi connectivity index (χ3n) is 4.53. The van der Waals surface area contributed by atoms with E-state index < -0.39 is 10.2 Å². The van der Waals surface area contributed by atoms with Crippen molar-refractivity contribution in [3.8, 4) is 5.75 Å². The van der Waals surface area contributed by atoms with E-state index in [1.165, 1.54) is 25.4 Å². The second-order valence-corrected chi connectivity index (χ2v) is 8.69. The Labute approximate surface area is 167 Å². The van der Waals surface area contributed by atoms with Gasteiger partial charge in [0.15, 0.2) is 0 Å². The first-order chi connectivity index (χ1) is 13.2. The molecule has 1 amide bonds. The lowest BCUT2D eigenvalue weighted by molar-refractivity contribution is 0.0935. The summed E-state index contributed by atoms with van der Waals surface area (Å²) in [4.78, 5) is 12.6. The monoisotopic (exact) mass is 405 g/mol. The van der Waals surface area contributed by atoms with E-state index in [2.05, 4.69) is 5.32 Å². The van der Waals surface area contributed by atoms with Crippen LogP contribution in [0.1, 0.15) is 35.3 Å². The molecule has 0 saturated heterocycles. The predicted octanol–water partition coefficient (Wildman–Crippen LogP) is 2.82. The summed E-state index contributed by atoms with van der Waals surface area (Å²) in [5, 5.41) is 3.01. The van der Waals surface area contributed by atoms with Crippen LogP contribution in [-0.4, -0.2) is 46.9 Å². The Balaban J connectivity index is 2.13. The Morgan fingerprint density at radius 1 is 1.04 bits per heavy atom. The summed E-state index contributed by atoms with van der Waals surface area (Å²) in [6.07, 6.45) is 0.736. The highest BCUT2D eigenvalue weighted by atomic mass is 32.2. The summed E-state index contributed by atoms with van der Waals surface area (Å²) in [6, 6.07) is 13.9. The number of rotatable bonds is 8. The second kappa shape index (κ2) is 9.07. The molecule has 0 spiro atoms. The standard InChI is InChI=1S/C20H27N3O4S/c1-6-19(15-9-13-18(27-5)14-10-15)21-20(24)16-7-11-17(12-8-16)23(4)28(25,26)22(2)3/h7-14,19H,6H2,1-5H3,(H,21,24)/t19-/m1/s1. The number of ether oxygens (including phenoxy) is 1. The lowest BCUT2D eigenvalue weighted by Gasteiger charge is -2.23. The maximum absolute atomic E-state index is 12.6. The van der Waals surface area contributed by atoms with Crippen LogP contribution < -0.4 is 14.4 Å². The first-order valence-corrected chi connectivity index (χ1v) is 10.3. The van der Waals surface area contributed by atoms with Crippen molar-refractivity contribution < 1.29 is 17.9 Å². The van der Waals surface area contributed by atoms with E-state index in [4.69, 9.17) is 4.74 Å². The second-order valence-electron chi connectivity index (χ2n) is 6.51. The topological polar surface area (TPSA) is 79.0 Å². The number of benzene rings is 2. The molecule has 1 atom stereocenters. The SMILES string of the molecule is CC[C@@H](NC(=O)c1ccc(N(C)S(=O)(=O)N(C)C)cc1)c1ccc(OC)cc1. The van der Waals surface area contributed by atoms with Crippen LogP contribution >= 0.6 is 0 Å². The Kier molecular flexibility index (Phi) is 7.04. The lowest BCUT2D eigenvalue weighted by atomic mass is 10.0. The molecule has 0 saturated carbocycles. The number of hydrogen-bond donors (Lipinski definition) is 1. The maximum atomic E-state index is 12.6. The highest BCUT2D eigenvalue weighted by molar-refractivity contribution is 7.90. The highest BCUT2D eigenvalue weighted by Gasteiger charge is 2.21. The molecule has 0 aliphatic heterocycles. The van der Waals surface area contributed by atoms with E-state index in [-0.39, 0.29) is 11.9 Å². The van der Waals surface area contributed by atoms with Crippen molar-refractivity contribution in [2.75, 3.05) is 32.6 Å². The van der Waals surface area contributed by atoms with E-state index in [0.29, 0.717) is 11.3 Å². The summed E-state index contributed by atoms with van der Waals surface area (Å²) in [5.74, 6) is 0.546. The quantitative estimate of drug-likeness (QED) is 0.732.